The fourth-order valence-electron chi connectivity index (χ4n) is 3.83. The van der Waals surface area contributed by atoms with Gasteiger partial charge < -0.3 is 10.2 Å². The highest BCUT2D eigenvalue weighted by Gasteiger charge is 2.23. The summed E-state index contributed by atoms with van der Waals surface area (Å²) < 4.78 is 27.1. The molecule has 0 spiro atoms. The minimum Gasteiger partial charge on any atom is -0.356 e. The highest BCUT2D eigenvalue weighted by atomic mass is 19.3. The Bertz CT molecular complexity index is 1030. The normalized spacial score (nSPS) is 15.1. The molecule has 1 N–H and O–H groups in total. The van der Waals surface area contributed by atoms with Crippen LogP contribution in [0.3, 0.4) is 0 Å². The van der Waals surface area contributed by atoms with Gasteiger partial charge in [-0.3, -0.25) is 4.79 Å². The van der Waals surface area contributed by atoms with E-state index in [4.69, 9.17) is 4.98 Å². The quantitative estimate of drug-likeness (QED) is 0.655. The smallest absolute Gasteiger partial charge is 0.264 e. The zero-order valence-corrected chi connectivity index (χ0v) is 16.1. The van der Waals surface area contributed by atoms with Gasteiger partial charge in [0, 0.05) is 35.6 Å². The molecule has 1 amide bonds. The molecule has 0 bridgehead atoms. The number of fused-ring (bicyclic) bond motifs is 1. The topological polar surface area (TPSA) is 58.1 Å². The van der Waals surface area contributed by atoms with E-state index < -0.39 is 6.43 Å². The number of aromatic nitrogens is 2. The van der Waals surface area contributed by atoms with Crippen molar-refractivity contribution in [2.24, 2.45) is 0 Å². The third-order valence-corrected chi connectivity index (χ3v) is 5.37. The summed E-state index contributed by atoms with van der Waals surface area (Å²) in [5.74, 6) is 1.06. The summed E-state index contributed by atoms with van der Waals surface area (Å²) in [4.78, 5) is 22.2. The number of aryl methyl sites for hydroxylation is 1. The van der Waals surface area contributed by atoms with Crippen molar-refractivity contribution in [3.8, 4) is 11.4 Å². The van der Waals surface area contributed by atoms with Gasteiger partial charge in [0.05, 0.1) is 5.52 Å². The van der Waals surface area contributed by atoms with Gasteiger partial charge in [0.15, 0.2) is 5.82 Å². The van der Waals surface area contributed by atoms with Crippen LogP contribution >= 0.6 is 0 Å². The Morgan fingerprint density at radius 1 is 1.14 bits per heavy atom. The van der Waals surface area contributed by atoms with Gasteiger partial charge in [-0.05, 0) is 37.5 Å². The minimum absolute atomic E-state index is 0.0701. The van der Waals surface area contributed by atoms with Crippen molar-refractivity contribution < 1.29 is 13.6 Å². The van der Waals surface area contributed by atoms with Gasteiger partial charge in [-0.25, -0.2) is 18.7 Å². The van der Waals surface area contributed by atoms with Gasteiger partial charge in [-0.1, -0.05) is 30.3 Å². The van der Waals surface area contributed by atoms with Crippen LogP contribution < -0.4 is 10.2 Å². The van der Waals surface area contributed by atoms with E-state index in [1.54, 1.807) is 18.2 Å². The maximum atomic E-state index is 13.6. The SMILES string of the molecule is Cc1ccc2c(N3CCC(NC=O)CC3)nc(-c3ccccc3C(F)F)nc2c1. The van der Waals surface area contributed by atoms with E-state index in [0.29, 0.717) is 11.4 Å². The van der Waals surface area contributed by atoms with Gasteiger partial charge in [-0.15, -0.1) is 0 Å². The van der Waals surface area contributed by atoms with E-state index in [-0.39, 0.29) is 11.6 Å². The molecule has 1 aliphatic rings. The number of rotatable bonds is 5. The molecule has 2 aromatic carbocycles. The average molecular weight is 396 g/mol. The molecule has 1 aromatic heterocycles. The van der Waals surface area contributed by atoms with Crippen molar-refractivity contribution in [2.45, 2.75) is 32.2 Å². The van der Waals surface area contributed by atoms with E-state index in [2.05, 4.69) is 15.2 Å². The molecule has 1 saturated heterocycles. The first-order valence-corrected chi connectivity index (χ1v) is 9.67. The first-order chi connectivity index (χ1) is 14.1. The van der Waals surface area contributed by atoms with Gasteiger partial charge >= 0.3 is 0 Å². The molecule has 29 heavy (non-hydrogen) atoms. The van der Waals surface area contributed by atoms with Crippen LogP contribution in [0.1, 0.15) is 30.4 Å². The second kappa shape index (κ2) is 8.11. The first kappa shape index (κ1) is 19.2. The number of piperidine rings is 1. The second-order valence-electron chi connectivity index (χ2n) is 7.33. The molecule has 1 aliphatic heterocycles. The van der Waals surface area contributed by atoms with Gasteiger partial charge in [0.25, 0.3) is 6.43 Å². The number of hydrogen-bond donors (Lipinski definition) is 1. The van der Waals surface area contributed by atoms with Crippen LogP contribution in [0.2, 0.25) is 0 Å². The zero-order valence-electron chi connectivity index (χ0n) is 16.1. The molecule has 7 heteroatoms. The lowest BCUT2D eigenvalue weighted by Gasteiger charge is -2.33. The number of carbonyl (C=O) groups excluding carboxylic acids is 1. The molecule has 150 valence electrons. The van der Waals surface area contributed by atoms with Crippen LogP contribution in [0.4, 0.5) is 14.6 Å². The molecule has 0 radical (unpaired) electrons. The lowest BCUT2D eigenvalue weighted by Crippen LogP contribution is -2.42. The summed E-state index contributed by atoms with van der Waals surface area (Å²) in [5, 5.41) is 3.73. The Morgan fingerprint density at radius 3 is 2.62 bits per heavy atom. The van der Waals surface area contributed by atoms with Crippen LogP contribution in [0, 0.1) is 6.92 Å². The van der Waals surface area contributed by atoms with Gasteiger partial charge in [0.2, 0.25) is 6.41 Å². The van der Waals surface area contributed by atoms with Crippen LogP contribution in [0.25, 0.3) is 22.3 Å². The Morgan fingerprint density at radius 2 is 1.90 bits per heavy atom. The third kappa shape index (κ3) is 3.90. The molecule has 0 atom stereocenters. The predicted molar refractivity (Wildman–Crippen MR) is 109 cm³/mol. The Balaban J connectivity index is 1.81. The fraction of sp³-hybridized carbons (Fsp3) is 0.318. The number of nitrogens with one attached hydrogen (secondary N) is 1. The number of benzene rings is 2. The lowest BCUT2D eigenvalue weighted by molar-refractivity contribution is -0.110. The van der Waals surface area contributed by atoms with Crippen molar-refractivity contribution in [2.75, 3.05) is 18.0 Å². The molecule has 0 unspecified atom stereocenters. The Kier molecular flexibility index (Phi) is 5.38. The number of alkyl halides is 2. The van der Waals surface area contributed by atoms with Gasteiger partial charge in [-0.2, -0.15) is 0 Å². The number of nitrogens with zero attached hydrogens (tertiary/aromatic N) is 3. The molecule has 1 fully saturated rings. The van der Waals surface area contributed by atoms with Crippen molar-refractivity contribution in [3.05, 3.63) is 53.6 Å². The fourth-order valence-corrected chi connectivity index (χ4v) is 3.83. The third-order valence-electron chi connectivity index (χ3n) is 5.37. The maximum absolute atomic E-state index is 13.6. The van der Waals surface area contributed by atoms with Crippen molar-refractivity contribution in [1.82, 2.24) is 15.3 Å². The van der Waals surface area contributed by atoms with E-state index in [1.165, 1.54) is 6.07 Å². The zero-order chi connectivity index (χ0) is 20.4. The van der Waals surface area contributed by atoms with Crippen LogP contribution in [-0.4, -0.2) is 35.5 Å². The first-order valence-electron chi connectivity index (χ1n) is 9.67. The van der Waals surface area contributed by atoms with Crippen LogP contribution in [0.15, 0.2) is 42.5 Å². The predicted octanol–water partition coefficient (Wildman–Crippen LogP) is 4.26. The van der Waals surface area contributed by atoms with Crippen molar-refractivity contribution >= 4 is 23.1 Å². The van der Waals surface area contributed by atoms with E-state index >= 15 is 0 Å². The average Bonchev–Trinajstić information content (AvgIpc) is 2.73. The molecular formula is C22H22F2N4O. The second-order valence-corrected chi connectivity index (χ2v) is 7.33. The van der Waals surface area contributed by atoms with E-state index in [9.17, 15) is 13.6 Å². The number of carbonyl (C=O) groups is 1. The molecular weight excluding hydrogens is 374 g/mol. The van der Waals surface area contributed by atoms with Crippen LogP contribution in [-0.2, 0) is 4.79 Å². The molecule has 5 nitrogen and oxygen atoms in total. The molecule has 3 aromatic rings. The number of amides is 1. The summed E-state index contributed by atoms with van der Waals surface area (Å²) in [7, 11) is 0. The van der Waals surface area contributed by atoms with Crippen molar-refractivity contribution in [1.29, 1.82) is 0 Å². The van der Waals surface area contributed by atoms with Crippen LogP contribution in [0.5, 0.6) is 0 Å². The largest absolute Gasteiger partial charge is 0.356 e. The summed E-state index contributed by atoms with van der Waals surface area (Å²) in [6.45, 7) is 3.42. The number of anilines is 1. The molecule has 2 heterocycles. The lowest BCUT2D eigenvalue weighted by atomic mass is 10.0. The maximum Gasteiger partial charge on any atom is 0.264 e. The Hall–Kier alpha value is -3.09. The minimum atomic E-state index is -2.60. The van der Waals surface area contributed by atoms with E-state index in [0.717, 1.165) is 54.6 Å². The summed E-state index contributed by atoms with van der Waals surface area (Å²) in [6.07, 6.45) is -0.252. The molecule has 4 rings (SSSR count). The number of halogens is 2. The molecule has 0 aliphatic carbocycles. The van der Waals surface area contributed by atoms with E-state index in [1.807, 2.05) is 25.1 Å². The summed E-state index contributed by atoms with van der Waals surface area (Å²) in [5.41, 5.74) is 2.07. The summed E-state index contributed by atoms with van der Waals surface area (Å²) in [6, 6.07) is 12.5. The standard InChI is InChI=1S/C22H22F2N4O/c1-14-6-7-18-19(12-14)26-21(17-5-3-2-4-16(17)20(23)24)27-22(18)28-10-8-15(9-11-28)25-13-29/h2-7,12-13,15,20H,8-11H2,1H3,(H,25,29). The monoisotopic (exact) mass is 396 g/mol. The Labute approximate surface area is 167 Å². The number of hydrogen-bond acceptors (Lipinski definition) is 4. The highest BCUT2D eigenvalue weighted by molar-refractivity contribution is 5.91. The van der Waals surface area contributed by atoms with Gasteiger partial charge in [0.1, 0.15) is 5.82 Å². The summed E-state index contributed by atoms with van der Waals surface area (Å²) >= 11 is 0. The molecule has 0 saturated carbocycles. The van der Waals surface area contributed by atoms with Crippen molar-refractivity contribution in [3.63, 3.8) is 0 Å². The highest BCUT2D eigenvalue weighted by Crippen LogP contribution is 2.33.